The molecule has 33 heavy (non-hydrogen) atoms. The highest BCUT2D eigenvalue weighted by Crippen LogP contribution is 2.24. The molecular formula is C25H26N4O4. The third-order valence-electron chi connectivity index (χ3n) is 5.67. The first-order valence-corrected chi connectivity index (χ1v) is 10.8. The first-order valence-electron chi connectivity index (χ1n) is 10.8. The molecule has 8 nitrogen and oxygen atoms in total. The Balaban J connectivity index is 1.39. The van der Waals surface area contributed by atoms with Crippen molar-refractivity contribution in [1.82, 2.24) is 9.88 Å². The first kappa shape index (κ1) is 22.1. The summed E-state index contributed by atoms with van der Waals surface area (Å²) in [7, 11) is 0. The quantitative estimate of drug-likeness (QED) is 0.428. The Morgan fingerprint density at radius 2 is 1.70 bits per heavy atom. The van der Waals surface area contributed by atoms with Crippen LogP contribution in [0.4, 0.5) is 5.69 Å². The molecule has 0 spiro atoms. The topological polar surface area (TPSA) is 109 Å². The number of aromatic amines is 1. The van der Waals surface area contributed by atoms with Crippen molar-refractivity contribution in [1.29, 1.82) is 0 Å². The maximum atomic E-state index is 13.0. The van der Waals surface area contributed by atoms with Gasteiger partial charge in [-0.1, -0.05) is 36.4 Å². The summed E-state index contributed by atoms with van der Waals surface area (Å²) in [5, 5.41) is 0. The number of carbonyl (C=O) groups is 3. The van der Waals surface area contributed by atoms with E-state index in [4.69, 9.17) is 10.5 Å². The van der Waals surface area contributed by atoms with Gasteiger partial charge >= 0.3 is 0 Å². The number of nitrogens with one attached hydrogen (secondary N) is 1. The molecule has 0 radical (unpaired) electrons. The number of nitrogens with two attached hydrogens (primary N) is 1. The molecule has 0 saturated carbocycles. The third kappa shape index (κ3) is 5.06. The number of hydrogen-bond donors (Lipinski definition) is 2. The predicted octanol–water partition coefficient (Wildman–Crippen LogP) is 2.39. The van der Waals surface area contributed by atoms with Crippen molar-refractivity contribution in [2.24, 2.45) is 5.73 Å². The van der Waals surface area contributed by atoms with Crippen LogP contribution >= 0.6 is 0 Å². The number of benzene rings is 2. The molecule has 2 amide bonds. The molecule has 0 atom stereocenters. The number of aromatic nitrogens is 1. The summed E-state index contributed by atoms with van der Waals surface area (Å²) in [4.78, 5) is 43.7. The Bertz CT molecular complexity index is 1160. The van der Waals surface area contributed by atoms with Gasteiger partial charge in [0.15, 0.2) is 6.61 Å². The minimum Gasteiger partial charge on any atom is -0.484 e. The van der Waals surface area contributed by atoms with Crippen molar-refractivity contribution >= 4 is 23.3 Å². The highest BCUT2D eigenvalue weighted by atomic mass is 16.5. The molecule has 3 N–H and O–H groups in total. The molecule has 0 aliphatic carbocycles. The molecule has 1 aliphatic rings. The SMILES string of the molecule is Cc1[nH]c(-c2ccccc2)cc1C(=O)C(=O)N1CCN(c2cccc(OCC(N)=O)c2)CC1. The van der Waals surface area contributed by atoms with Crippen molar-refractivity contribution < 1.29 is 19.1 Å². The standard InChI is InChI=1S/C25H26N4O4/c1-17-21(15-22(27-17)18-6-3-2-4-7-18)24(31)25(32)29-12-10-28(11-13-29)19-8-5-9-20(14-19)33-16-23(26)30/h2-9,14-15,27H,10-13,16H2,1H3,(H2,26,30). The number of ether oxygens (including phenoxy) is 1. The van der Waals surface area contributed by atoms with Gasteiger partial charge in [-0.15, -0.1) is 0 Å². The minimum absolute atomic E-state index is 0.182. The maximum Gasteiger partial charge on any atom is 0.295 e. The van der Waals surface area contributed by atoms with Crippen LogP contribution in [0.2, 0.25) is 0 Å². The van der Waals surface area contributed by atoms with Crippen LogP contribution in [0.5, 0.6) is 5.75 Å². The predicted molar refractivity (Wildman–Crippen MR) is 125 cm³/mol. The highest BCUT2D eigenvalue weighted by Gasteiger charge is 2.29. The molecule has 1 saturated heterocycles. The zero-order chi connectivity index (χ0) is 23.4. The molecule has 1 aromatic heterocycles. The molecule has 2 heterocycles. The lowest BCUT2D eigenvalue weighted by atomic mass is 10.1. The Labute approximate surface area is 191 Å². The number of H-pyrrole nitrogens is 1. The van der Waals surface area contributed by atoms with E-state index in [1.54, 1.807) is 24.0 Å². The largest absolute Gasteiger partial charge is 0.484 e. The number of hydrogen-bond acceptors (Lipinski definition) is 5. The van der Waals surface area contributed by atoms with Gasteiger partial charge in [-0.25, -0.2) is 0 Å². The number of aryl methyl sites for hydroxylation is 1. The minimum atomic E-state index is -0.536. The van der Waals surface area contributed by atoms with E-state index in [-0.39, 0.29) is 6.61 Å². The summed E-state index contributed by atoms with van der Waals surface area (Å²) in [6.07, 6.45) is 0. The molecule has 4 rings (SSSR count). The van der Waals surface area contributed by atoms with Gasteiger partial charge in [-0.05, 0) is 30.7 Å². The summed E-state index contributed by atoms with van der Waals surface area (Å²) in [5.74, 6) is -0.973. The monoisotopic (exact) mass is 446 g/mol. The van der Waals surface area contributed by atoms with Crippen LogP contribution in [-0.4, -0.2) is 60.3 Å². The Morgan fingerprint density at radius 3 is 2.39 bits per heavy atom. The highest BCUT2D eigenvalue weighted by molar-refractivity contribution is 6.43. The Hall–Kier alpha value is -4.07. The third-order valence-corrected chi connectivity index (χ3v) is 5.67. The van der Waals surface area contributed by atoms with Gasteiger partial charge in [0, 0.05) is 54.9 Å². The van der Waals surface area contributed by atoms with Gasteiger partial charge in [0.1, 0.15) is 5.75 Å². The van der Waals surface area contributed by atoms with Crippen LogP contribution in [0.25, 0.3) is 11.3 Å². The van der Waals surface area contributed by atoms with Crippen LogP contribution in [0.1, 0.15) is 16.1 Å². The van der Waals surface area contributed by atoms with Gasteiger partial charge in [0.05, 0.1) is 0 Å². The van der Waals surface area contributed by atoms with E-state index in [9.17, 15) is 14.4 Å². The molecule has 170 valence electrons. The molecule has 0 bridgehead atoms. The van der Waals surface area contributed by atoms with E-state index in [0.717, 1.165) is 16.9 Å². The van der Waals surface area contributed by atoms with Gasteiger partial charge < -0.3 is 25.3 Å². The van der Waals surface area contributed by atoms with E-state index in [1.165, 1.54) is 0 Å². The van der Waals surface area contributed by atoms with Crippen molar-refractivity contribution in [3.8, 4) is 17.0 Å². The second kappa shape index (κ2) is 9.60. The normalized spacial score (nSPS) is 13.6. The molecule has 1 fully saturated rings. The fraction of sp³-hybridized carbons (Fsp3) is 0.240. The van der Waals surface area contributed by atoms with Gasteiger partial charge in [-0.2, -0.15) is 0 Å². The summed E-state index contributed by atoms with van der Waals surface area (Å²) in [5.41, 5.74) is 8.91. The lowest BCUT2D eigenvalue weighted by molar-refractivity contribution is -0.126. The molecule has 1 aliphatic heterocycles. The van der Waals surface area contributed by atoms with Crippen molar-refractivity contribution in [3.63, 3.8) is 0 Å². The average molecular weight is 447 g/mol. The van der Waals surface area contributed by atoms with Gasteiger partial charge in [-0.3, -0.25) is 14.4 Å². The number of primary amides is 1. The molecule has 0 unspecified atom stereocenters. The van der Waals surface area contributed by atoms with E-state index >= 15 is 0 Å². The van der Waals surface area contributed by atoms with Crippen LogP contribution in [0.3, 0.4) is 0 Å². The summed E-state index contributed by atoms with van der Waals surface area (Å²) < 4.78 is 5.37. The summed E-state index contributed by atoms with van der Waals surface area (Å²) in [6, 6.07) is 18.8. The smallest absolute Gasteiger partial charge is 0.295 e. The fourth-order valence-electron chi connectivity index (χ4n) is 3.92. The Morgan fingerprint density at radius 1 is 0.970 bits per heavy atom. The number of ketones is 1. The van der Waals surface area contributed by atoms with Crippen LogP contribution < -0.4 is 15.4 Å². The van der Waals surface area contributed by atoms with E-state index < -0.39 is 17.6 Å². The van der Waals surface area contributed by atoms with E-state index in [2.05, 4.69) is 9.88 Å². The number of nitrogens with zero attached hydrogens (tertiary/aromatic N) is 2. The van der Waals surface area contributed by atoms with Crippen LogP contribution in [0.15, 0.2) is 60.7 Å². The molecule has 2 aromatic carbocycles. The molecule has 8 heteroatoms. The second-order valence-electron chi connectivity index (χ2n) is 7.95. The summed E-state index contributed by atoms with van der Waals surface area (Å²) >= 11 is 0. The lowest BCUT2D eigenvalue weighted by Crippen LogP contribution is -2.50. The van der Waals surface area contributed by atoms with E-state index in [1.807, 2.05) is 48.5 Å². The number of anilines is 1. The average Bonchev–Trinajstić information content (AvgIpc) is 3.24. The van der Waals surface area contributed by atoms with Crippen molar-refractivity contribution in [3.05, 3.63) is 71.9 Å². The fourth-order valence-corrected chi connectivity index (χ4v) is 3.92. The van der Waals surface area contributed by atoms with Crippen LogP contribution in [-0.2, 0) is 9.59 Å². The number of carbonyl (C=O) groups excluding carboxylic acids is 3. The number of Topliss-reactive ketones (excluding diaryl/α,β-unsaturated/α-hetero) is 1. The first-order chi connectivity index (χ1) is 15.9. The van der Waals surface area contributed by atoms with Crippen LogP contribution in [0, 0.1) is 6.92 Å². The summed E-state index contributed by atoms with van der Waals surface area (Å²) in [6.45, 7) is 3.66. The Kier molecular flexibility index (Phi) is 6.44. The van der Waals surface area contributed by atoms with Crippen molar-refractivity contribution in [2.45, 2.75) is 6.92 Å². The van der Waals surface area contributed by atoms with Gasteiger partial charge in [0.2, 0.25) is 0 Å². The van der Waals surface area contributed by atoms with Crippen molar-refractivity contribution in [2.75, 3.05) is 37.7 Å². The number of amides is 2. The number of piperazine rings is 1. The second-order valence-corrected chi connectivity index (χ2v) is 7.95. The zero-order valence-corrected chi connectivity index (χ0v) is 18.4. The zero-order valence-electron chi connectivity index (χ0n) is 18.4. The number of rotatable bonds is 7. The maximum absolute atomic E-state index is 13.0. The van der Waals surface area contributed by atoms with E-state index in [0.29, 0.717) is 43.2 Å². The molecule has 3 aromatic rings. The van der Waals surface area contributed by atoms with Gasteiger partial charge in [0.25, 0.3) is 17.6 Å². The lowest BCUT2D eigenvalue weighted by Gasteiger charge is -2.35. The molecular weight excluding hydrogens is 420 g/mol.